The Morgan fingerprint density at radius 3 is 2.40 bits per heavy atom. The van der Waals surface area contributed by atoms with Gasteiger partial charge in [0, 0.05) is 6.42 Å². The van der Waals surface area contributed by atoms with Gasteiger partial charge in [0.05, 0.1) is 12.7 Å². The molecule has 20 heavy (non-hydrogen) atoms. The lowest BCUT2D eigenvalue weighted by molar-refractivity contribution is -0.148. The van der Waals surface area contributed by atoms with E-state index in [1.807, 2.05) is 30.3 Å². The molecule has 2 N–H and O–H groups in total. The second-order valence-corrected chi connectivity index (χ2v) is 6.40. The highest BCUT2D eigenvalue weighted by molar-refractivity contribution is 7.84. The van der Waals surface area contributed by atoms with Crippen LogP contribution in [-0.2, 0) is 30.4 Å². The topological polar surface area (TPSA) is 87.9 Å². The van der Waals surface area contributed by atoms with Gasteiger partial charge in [-0.3, -0.25) is 4.18 Å². The van der Waals surface area contributed by atoms with E-state index >= 15 is 0 Å². The maximum Gasteiger partial charge on any atom is 0.333 e. The van der Waals surface area contributed by atoms with Crippen molar-refractivity contribution < 1.29 is 22.1 Å². The summed E-state index contributed by atoms with van der Waals surface area (Å²) in [7, 11) is -3.98. The first-order valence-electron chi connectivity index (χ1n) is 6.32. The van der Waals surface area contributed by atoms with Gasteiger partial charge in [0.25, 0.3) is 0 Å². The fourth-order valence-electron chi connectivity index (χ4n) is 2.23. The molecule has 0 aromatic heterocycles. The van der Waals surface area contributed by atoms with Gasteiger partial charge in [-0.25, -0.2) is 5.14 Å². The third kappa shape index (κ3) is 4.53. The Kier molecular flexibility index (Phi) is 4.46. The van der Waals surface area contributed by atoms with Gasteiger partial charge in [-0.2, -0.15) is 8.42 Å². The SMILES string of the molecule is CC1(C)O[C@H](COS(N)(=O)=O)[C@@H](Cc2ccccc2)O1. The smallest absolute Gasteiger partial charge is 0.333 e. The van der Waals surface area contributed by atoms with E-state index in [4.69, 9.17) is 14.6 Å². The van der Waals surface area contributed by atoms with Crippen LogP contribution < -0.4 is 5.14 Å². The first-order chi connectivity index (χ1) is 9.25. The van der Waals surface area contributed by atoms with Crippen LogP contribution in [0.5, 0.6) is 0 Å². The summed E-state index contributed by atoms with van der Waals surface area (Å²) >= 11 is 0. The summed E-state index contributed by atoms with van der Waals surface area (Å²) in [5, 5.41) is 4.83. The van der Waals surface area contributed by atoms with Gasteiger partial charge < -0.3 is 9.47 Å². The van der Waals surface area contributed by atoms with E-state index in [1.165, 1.54) is 0 Å². The Morgan fingerprint density at radius 2 is 1.80 bits per heavy atom. The van der Waals surface area contributed by atoms with Gasteiger partial charge >= 0.3 is 10.3 Å². The summed E-state index contributed by atoms with van der Waals surface area (Å²) in [5.41, 5.74) is 1.08. The minimum atomic E-state index is -3.98. The van der Waals surface area contributed by atoms with Crippen LogP contribution in [-0.4, -0.2) is 33.0 Å². The van der Waals surface area contributed by atoms with Gasteiger partial charge in [-0.05, 0) is 19.4 Å². The minimum absolute atomic E-state index is 0.153. The van der Waals surface area contributed by atoms with Crippen molar-refractivity contribution in [2.75, 3.05) is 6.61 Å². The minimum Gasteiger partial charge on any atom is -0.344 e. The Morgan fingerprint density at radius 1 is 1.20 bits per heavy atom. The van der Waals surface area contributed by atoms with Crippen LogP contribution in [0.1, 0.15) is 19.4 Å². The van der Waals surface area contributed by atoms with Crippen molar-refractivity contribution in [3.63, 3.8) is 0 Å². The van der Waals surface area contributed by atoms with E-state index in [2.05, 4.69) is 4.18 Å². The third-order valence-electron chi connectivity index (χ3n) is 2.96. The number of nitrogens with two attached hydrogens (primary N) is 1. The van der Waals surface area contributed by atoms with Gasteiger partial charge in [0.1, 0.15) is 6.10 Å². The number of hydrogen-bond acceptors (Lipinski definition) is 5. The van der Waals surface area contributed by atoms with Crippen molar-refractivity contribution in [1.82, 2.24) is 0 Å². The van der Waals surface area contributed by atoms with Crippen molar-refractivity contribution in [3.05, 3.63) is 35.9 Å². The third-order valence-corrected chi connectivity index (χ3v) is 3.43. The van der Waals surface area contributed by atoms with E-state index < -0.39 is 22.2 Å². The first kappa shape index (κ1) is 15.4. The second-order valence-electron chi connectivity index (χ2n) is 5.18. The van der Waals surface area contributed by atoms with E-state index in [9.17, 15) is 8.42 Å². The number of benzene rings is 1. The molecule has 0 radical (unpaired) electrons. The van der Waals surface area contributed by atoms with Crippen LogP contribution in [0.2, 0.25) is 0 Å². The Hall–Kier alpha value is -0.990. The fourth-order valence-corrected chi connectivity index (χ4v) is 2.56. The normalized spacial score (nSPS) is 25.8. The maximum absolute atomic E-state index is 10.9. The number of rotatable bonds is 5. The standard InChI is InChI=1S/C13H19NO5S/c1-13(2)18-11(8-10-6-4-3-5-7-10)12(19-13)9-17-20(14,15)16/h3-7,11-12H,8-9H2,1-2H3,(H2,14,15,16)/t11-,12-/m1/s1. The quantitative estimate of drug-likeness (QED) is 0.875. The van der Waals surface area contributed by atoms with E-state index in [0.717, 1.165) is 5.56 Å². The summed E-state index contributed by atoms with van der Waals surface area (Å²) in [4.78, 5) is 0. The highest BCUT2D eigenvalue weighted by atomic mass is 32.2. The predicted octanol–water partition coefficient (Wildman–Crippen LogP) is 0.969. The molecule has 0 unspecified atom stereocenters. The molecule has 1 saturated heterocycles. The van der Waals surface area contributed by atoms with E-state index in [-0.39, 0.29) is 12.7 Å². The molecule has 0 bridgehead atoms. The molecule has 1 aromatic rings. The van der Waals surface area contributed by atoms with Crippen molar-refractivity contribution in [2.45, 2.75) is 38.3 Å². The van der Waals surface area contributed by atoms with Gasteiger partial charge in [0.2, 0.25) is 0 Å². The average Bonchev–Trinajstić information content (AvgIpc) is 2.62. The molecular weight excluding hydrogens is 282 g/mol. The van der Waals surface area contributed by atoms with Crippen molar-refractivity contribution >= 4 is 10.3 Å². The fraction of sp³-hybridized carbons (Fsp3) is 0.538. The van der Waals surface area contributed by atoms with Gasteiger partial charge in [-0.1, -0.05) is 30.3 Å². The summed E-state index contributed by atoms with van der Waals surface area (Å²) in [6, 6.07) is 9.76. The summed E-state index contributed by atoms with van der Waals surface area (Å²) < 4.78 is 37.8. The lowest BCUT2D eigenvalue weighted by atomic mass is 10.0. The molecular formula is C13H19NO5S. The van der Waals surface area contributed by atoms with Crippen molar-refractivity contribution in [1.29, 1.82) is 0 Å². The molecule has 0 amide bonds. The molecule has 0 aliphatic carbocycles. The summed E-state index contributed by atoms with van der Waals surface area (Å²) in [5.74, 6) is -0.772. The molecule has 0 spiro atoms. The molecule has 1 heterocycles. The van der Waals surface area contributed by atoms with Crippen LogP contribution in [0.3, 0.4) is 0 Å². The molecule has 0 saturated carbocycles. The largest absolute Gasteiger partial charge is 0.344 e. The van der Waals surface area contributed by atoms with Crippen LogP contribution >= 0.6 is 0 Å². The monoisotopic (exact) mass is 301 g/mol. The number of ether oxygens (including phenoxy) is 2. The van der Waals surface area contributed by atoms with Gasteiger partial charge in [-0.15, -0.1) is 0 Å². The van der Waals surface area contributed by atoms with Gasteiger partial charge in [0.15, 0.2) is 5.79 Å². The zero-order chi connectivity index (χ0) is 14.8. The highest BCUT2D eigenvalue weighted by Crippen LogP contribution is 2.30. The lowest BCUT2D eigenvalue weighted by Crippen LogP contribution is -2.32. The first-order valence-corrected chi connectivity index (χ1v) is 7.79. The zero-order valence-electron chi connectivity index (χ0n) is 11.5. The molecule has 2 atom stereocenters. The van der Waals surface area contributed by atoms with Crippen LogP contribution in [0.25, 0.3) is 0 Å². The maximum atomic E-state index is 10.9. The molecule has 2 rings (SSSR count). The van der Waals surface area contributed by atoms with Crippen LogP contribution in [0, 0.1) is 0 Å². The molecule has 7 heteroatoms. The molecule has 1 aromatic carbocycles. The molecule has 1 aliphatic rings. The Bertz CT molecular complexity index is 543. The van der Waals surface area contributed by atoms with Crippen molar-refractivity contribution in [3.8, 4) is 0 Å². The Balaban J connectivity index is 2.04. The van der Waals surface area contributed by atoms with Crippen molar-refractivity contribution in [2.24, 2.45) is 5.14 Å². The highest BCUT2D eigenvalue weighted by Gasteiger charge is 2.41. The predicted molar refractivity (Wildman–Crippen MR) is 73.0 cm³/mol. The zero-order valence-corrected chi connectivity index (χ0v) is 12.3. The molecule has 1 aliphatic heterocycles. The molecule has 6 nitrogen and oxygen atoms in total. The second kappa shape index (κ2) is 5.79. The summed E-state index contributed by atoms with van der Waals surface area (Å²) in [6.07, 6.45) is -0.152. The summed E-state index contributed by atoms with van der Waals surface area (Å²) in [6.45, 7) is 3.41. The number of hydrogen-bond donors (Lipinski definition) is 1. The van der Waals surface area contributed by atoms with Crippen LogP contribution in [0.15, 0.2) is 30.3 Å². The lowest BCUT2D eigenvalue weighted by Gasteiger charge is -2.16. The average molecular weight is 301 g/mol. The molecule has 112 valence electrons. The van der Waals surface area contributed by atoms with E-state index in [1.54, 1.807) is 13.8 Å². The van der Waals surface area contributed by atoms with Crippen LogP contribution in [0.4, 0.5) is 0 Å². The Labute approximate surface area is 119 Å². The molecule has 1 fully saturated rings. The van der Waals surface area contributed by atoms with E-state index in [0.29, 0.717) is 6.42 Å².